The number of aromatic nitrogens is 2. The Bertz CT molecular complexity index is 3760. The highest BCUT2D eigenvalue weighted by molar-refractivity contribution is 6.37. The fraction of sp³-hybridized carbons (Fsp3) is 0. The summed E-state index contributed by atoms with van der Waals surface area (Å²) in [7, 11) is 0. The van der Waals surface area contributed by atoms with Gasteiger partial charge in [0.1, 0.15) is 0 Å². The van der Waals surface area contributed by atoms with Crippen LogP contribution in [0.4, 0.5) is 0 Å². The summed E-state index contributed by atoms with van der Waals surface area (Å²) in [6, 6.07) is 65.1. The third-order valence-electron chi connectivity index (χ3n) is 12.3. The van der Waals surface area contributed by atoms with Gasteiger partial charge in [-0.2, -0.15) is 0 Å². The zero-order valence-corrected chi connectivity index (χ0v) is 30.2. The Morgan fingerprint density at radius 2 is 0.732 bits per heavy atom. The molecule has 11 aromatic carbocycles. The van der Waals surface area contributed by atoms with E-state index < -0.39 is 0 Å². The molecule has 0 saturated carbocycles. The van der Waals surface area contributed by atoms with E-state index in [-0.39, 0.29) is 0 Å². The summed E-state index contributed by atoms with van der Waals surface area (Å²) in [4.78, 5) is 10.2. The van der Waals surface area contributed by atoms with Crippen LogP contribution in [0.3, 0.4) is 0 Å². The van der Waals surface area contributed by atoms with E-state index in [1.165, 1.54) is 97.3 Å². The lowest BCUT2D eigenvalue weighted by Gasteiger charge is -2.20. The molecule has 0 radical (unpaired) electrons. The van der Waals surface area contributed by atoms with Crippen molar-refractivity contribution in [2.75, 3.05) is 0 Å². The van der Waals surface area contributed by atoms with Crippen molar-refractivity contribution in [1.29, 1.82) is 0 Å². The van der Waals surface area contributed by atoms with Gasteiger partial charge in [-0.15, -0.1) is 0 Å². The van der Waals surface area contributed by atoms with Gasteiger partial charge in [-0.05, 0) is 122 Å². The minimum Gasteiger partial charge on any atom is -0.254 e. The first-order valence-electron chi connectivity index (χ1n) is 19.3. The van der Waals surface area contributed by atoms with Crippen molar-refractivity contribution in [3.05, 3.63) is 182 Å². The number of hydrogen-bond acceptors (Lipinski definition) is 2. The van der Waals surface area contributed by atoms with Crippen molar-refractivity contribution in [2.24, 2.45) is 0 Å². The molecule has 2 nitrogen and oxygen atoms in total. The molecule has 2 aromatic heterocycles. The molecule has 0 amide bonds. The predicted octanol–water partition coefficient (Wildman–Crippen LogP) is 14.8. The van der Waals surface area contributed by atoms with Gasteiger partial charge < -0.3 is 0 Å². The van der Waals surface area contributed by atoms with E-state index >= 15 is 0 Å². The van der Waals surface area contributed by atoms with E-state index in [1.807, 2.05) is 12.3 Å². The Labute approximate surface area is 321 Å². The van der Waals surface area contributed by atoms with E-state index in [4.69, 9.17) is 9.97 Å². The Balaban J connectivity index is 1.20. The molecular formula is C54H30N2. The van der Waals surface area contributed by atoms with Crippen molar-refractivity contribution in [2.45, 2.75) is 0 Å². The summed E-state index contributed by atoms with van der Waals surface area (Å²) in [5.74, 6) is 0. The Morgan fingerprint density at radius 3 is 1.34 bits per heavy atom. The lowest BCUT2D eigenvalue weighted by molar-refractivity contribution is 1.38. The molecule has 2 heteroatoms. The summed E-state index contributed by atoms with van der Waals surface area (Å²) in [5, 5.41) is 22.4. The summed E-state index contributed by atoms with van der Waals surface area (Å²) in [6.07, 6.45) is 1.86. The van der Waals surface area contributed by atoms with E-state index in [9.17, 15) is 0 Å². The highest BCUT2D eigenvalue weighted by atomic mass is 14.8. The molecule has 56 heavy (non-hydrogen) atoms. The number of benzene rings is 10. The van der Waals surface area contributed by atoms with Crippen LogP contribution in [0.1, 0.15) is 0 Å². The minimum absolute atomic E-state index is 0.927. The highest BCUT2D eigenvalue weighted by Gasteiger charge is 2.21. The first-order chi connectivity index (χ1) is 27.8. The van der Waals surface area contributed by atoms with E-state index in [2.05, 4.69) is 170 Å². The monoisotopic (exact) mass is 706 g/mol. The van der Waals surface area contributed by atoms with Crippen LogP contribution < -0.4 is 0 Å². The zero-order chi connectivity index (χ0) is 36.5. The maximum Gasteiger partial charge on any atom is 0.0972 e. The first-order valence-corrected chi connectivity index (χ1v) is 19.3. The molecule has 256 valence electrons. The van der Waals surface area contributed by atoms with Gasteiger partial charge >= 0.3 is 0 Å². The lowest BCUT2D eigenvalue weighted by Crippen LogP contribution is -1.94. The van der Waals surface area contributed by atoms with Crippen LogP contribution in [0.2, 0.25) is 0 Å². The van der Waals surface area contributed by atoms with Gasteiger partial charge in [-0.3, -0.25) is 4.98 Å². The lowest BCUT2D eigenvalue weighted by atomic mass is 9.84. The second-order valence-electron chi connectivity index (χ2n) is 15.2. The molecular weight excluding hydrogens is 677 g/mol. The van der Waals surface area contributed by atoms with Crippen molar-refractivity contribution < 1.29 is 0 Å². The van der Waals surface area contributed by atoms with E-state index in [0.717, 1.165) is 33.1 Å². The predicted molar refractivity (Wildman–Crippen MR) is 239 cm³/mol. The first kappa shape index (κ1) is 30.0. The summed E-state index contributed by atoms with van der Waals surface area (Å²) in [6.45, 7) is 0. The molecule has 0 fully saturated rings. The summed E-state index contributed by atoms with van der Waals surface area (Å²) < 4.78 is 0. The molecule has 0 spiro atoms. The molecule has 0 atom stereocenters. The van der Waals surface area contributed by atoms with Crippen molar-refractivity contribution in [3.63, 3.8) is 0 Å². The maximum atomic E-state index is 5.40. The van der Waals surface area contributed by atoms with Gasteiger partial charge in [0.15, 0.2) is 0 Å². The van der Waals surface area contributed by atoms with Gasteiger partial charge in [0, 0.05) is 22.5 Å². The van der Waals surface area contributed by atoms with Gasteiger partial charge in [-0.25, -0.2) is 4.98 Å². The van der Waals surface area contributed by atoms with Gasteiger partial charge in [0.2, 0.25) is 0 Å². The highest BCUT2D eigenvalue weighted by Crippen LogP contribution is 2.48. The Morgan fingerprint density at radius 1 is 0.286 bits per heavy atom. The Kier molecular flexibility index (Phi) is 5.92. The second-order valence-corrected chi connectivity index (χ2v) is 15.2. The van der Waals surface area contributed by atoms with Crippen molar-refractivity contribution in [1.82, 2.24) is 9.97 Å². The number of hydrogen-bond donors (Lipinski definition) is 0. The molecule has 0 saturated heterocycles. The van der Waals surface area contributed by atoms with E-state index in [0.29, 0.717) is 0 Å². The largest absolute Gasteiger partial charge is 0.254 e. The summed E-state index contributed by atoms with van der Waals surface area (Å²) in [5.41, 5.74) is 6.41. The quantitative estimate of drug-likeness (QED) is 0.132. The molecule has 2 heterocycles. The third-order valence-corrected chi connectivity index (χ3v) is 12.3. The van der Waals surface area contributed by atoms with Crippen LogP contribution in [0.15, 0.2) is 182 Å². The van der Waals surface area contributed by atoms with Crippen molar-refractivity contribution >= 4 is 108 Å². The topological polar surface area (TPSA) is 25.8 Å². The SMILES string of the molecule is c1cnc2c(c1)ccc1ccc(-c3c4ccccc4c(-c4cc5ccc6cccc7c8cccc9ccc%10cccc(c(c4)c5c67)c%10c98)c4ccccc34)nc12. The third kappa shape index (κ3) is 4.00. The molecule has 13 rings (SSSR count). The average molecular weight is 707 g/mol. The molecule has 0 N–H and O–H groups in total. The minimum atomic E-state index is 0.927. The number of nitrogens with zero attached hydrogens (tertiary/aromatic N) is 2. The number of rotatable bonds is 2. The maximum absolute atomic E-state index is 5.40. The van der Waals surface area contributed by atoms with Crippen molar-refractivity contribution in [3.8, 4) is 22.4 Å². The van der Waals surface area contributed by atoms with Crippen LogP contribution in [-0.2, 0) is 0 Å². The molecule has 0 aliphatic rings. The molecule has 0 unspecified atom stereocenters. The van der Waals surface area contributed by atoms with E-state index in [1.54, 1.807) is 0 Å². The molecule has 0 bridgehead atoms. The van der Waals surface area contributed by atoms with Crippen LogP contribution in [0, 0.1) is 0 Å². The second kappa shape index (κ2) is 11.1. The average Bonchev–Trinajstić information content (AvgIpc) is 3.26. The molecule has 0 aliphatic carbocycles. The van der Waals surface area contributed by atoms with Crippen LogP contribution in [0.5, 0.6) is 0 Å². The fourth-order valence-electron chi connectivity index (χ4n) is 10.0. The van der Waals surface area contributed by atoms with Gasteiger partial charge in [0.05, 0.1) is 16.7 Å². The Hall–Kier alpha value is -7.42. The molecule has 0 aliphatic heterocycles. The summed E-state index contributed by atoms with van der Waals surface area (Å²) >= 11 is 0. The van der Waals surface area contributed by atoms with Crippen LogP contribution in [-0.4, -0.2) is 9.97 Å². The smallest absolute Gasteiger partial charge is 0.0972 e. The standard InChI is InChI=1S/C54H30N2/c1-3-15-42-38(13-1)47(39-14-2-4-16-43(39)52(42)46-27-26-35-24-23-34-12-8-28-55-53(34)54(35)56-46)37-29-36-25-22-33-10-6-18-41-40-17-5-9-31-20-21-32-11-7-19-44(50(32)48(31)40)45(30-37)51(36)49(33)41/h1-30H. The fourth-order valence-corrected chi connectivity index (χ4v) is 10.0. The number of fused-ring (bicyclic) bond motifs is 7. The zero-order valence-electron chi connectivity index (χ0n) is 30.2. The van der Waals surface area contributed by atoms with Gasteiger partial charge in [-0.1, -0.05) is 152 Å². The normalized spacial score (nSPS) is 12.3. The van der Waals surface area contributed by atoms with Gasteiger partial charge in [0.25, 0.3) is 0 Å². The van der Waals surface area contributed by atoms with Crippen LogP contribution in [0.25, 0.3) is 130 Å². The number of pyridine rings is 2. The van der Waals surface area contributed by atoms with Crippen LogP contribution >= 0.6 is 0 Å². The molecule has 13 aromatic rings.